The van der Waals surface area contributed by atoms with Crippen LogP contribution in [0.15, 0.2) is 72.9 Å². The van der Waals surface area contributed by atoms with Crippen molar-refractivity contribution in [3.8, 4) is 5.75 Å². The number of anilines is 1. The van der Waals surface area contributed by atoms with Crippen LogP contribution >= 0.6 is 46.4 Å². The lowest BCUT2D eigenvalue weighted by Crippen LogP contribution is -2.61. The molecule has 3 aromatic rings. The van der Waals surface area contributed by atoms with E-state index in [2.05, 4.69) is 6.58 Å². The predicted molar refractivity (Wildman–Crippen MR) is 124 cm³/mol. The Bertz CT molecular complexity index is 956. The van der Waals surface area contributed by atoms with Crippen molar-refractivity contribution >= 4 is 70.5 Å². The summed E-state index contributed by atoms with van der Waals surface area (Å²) >= 11 is 24.9. The molecule has 0 radical (unpaired) electrons. The summed E-state index contributed by atoms with van der Waals surface area (Å²) in [7, 11) is -2.60. The number of benzene rings is 3. The minimum Gasteiger partial charge on any atom is -0.496 e. The minimum atomic E-state index is -2.60. The normalized spacial score (nSPS) is 11.3. The molecule has 2 nitrogen and oxygen atoms in total. The van der Waals surface area contributed by atoms with Crippen LogP contribution in [-0.4, -0.2) is 14.3 Å². The maximum Gasteiger partial charge on any atom is 0.182 e. The largest absolute Gasteiger partial charge is 0.496 e. The van der Waals surface area contributed by atoms with Crippen LogP contribution in [0.5, 0.6) is 5.75 Å². The number of hydrogen-bond acceptors (Lipinski definition) is 2. The molecule has 0 atom stereocenters. The van der Waals surface area contributed by atoms with E-state index in [1.807, 2.05) is 42.1 Å². The summed E-state index contributed by atoms with van der Waals surface area (Å²) in [4.78, 5) is 0. The summed E-state index contributed by atoms with van der Waals surface area (Å²) in [6.07, 6.45) is 0.399. The fourth-order valence-electron chi connectivity index (χ4n) is 2.94. The predicted octanol–water partition coefficient (Wildman–Crippen LogP) is 5.79. The Morgan fingerprint density at radius 3 is 1.71 bits per heavy atom. The monoisotopic (exact) mass is 467 g/mol. The molecular formula is C21H17Cl4NOSi. The van der Waals surface area contributed by atoms with E-state index >= 15 is 0 Å². The van der Waals surface area contributed by atoms with Crippen molar-refractivity contribution in [2.45, 2.75) is 0 Å². The average molecular weight is 469 g/mol. The first-order valence-electron chi connectivity index (χ1n) is 8.39. The van der Waals surface area contributed by atoms with Crippen LogP contribution in [0.1, 0.15) is 0 Å². The van der Waals surface area contributed by atoms with Crippen LogP contribution in [-0.2, 0) is 0 Å². The molecule has 0 aliphatic heterocycles. The van der Waals surface area contributed by atoms with Gasteiger partial charge in [-0.05, 0) is 58.9 Å². The number of hydrogen-bond donors (Lipinski definition) is 1. The van der Waals surface area contributed by atoms with Gasteiger partial charge in [-0.15, -0.1) is 6.58 Å². The van der Waals surface area contributed by atoms with Crippen LogP contribution in [0.3, 0.4) is 0 Å². The lowest BCUT2D eigenvalue weighted by Gasteiger charge is -2.30. The van der Waals surface area contributed by atoms with E-state index in [9.17, 15) is 0 Å². The second-order valence-electron chi connectivity index (χ2n) is 6.29. The Morgan fingerprint density at radius 1 is 0.786 bits per heavy atom. The molecule has 2 N–H and O–H groups in total. The SMILES string of the molecule is C=C[Si](COc1ccc(N)cc1)(c1ccc(Cl)c(Cl)c1)c1ccc(Cl)c(Cl)c1. The van der Waals surface area contributed by atoms with Crippen molar-refractivity contribution in [1.82, 2.24) is 0 Å². The van der Waals surface area contributed by atoms with Gasteiger partial charge in [0.1, 0.15) is 5.75 Å². The van der Waals surface area contributed by atoms with E-state index in [0.717, 1.165) is 10.4 Å². The van der Waals surface area contributed by atoms with E-state index < -0.39 is 8.07 Å². The van der Waals surface area contributed by atoms with Crippen LogP contribution in [0.2, 0.25) is 20.1 Å². The Morgan fingerprint density at radius 2 is 1.29 bits per heavy atom. The Labute approximate surface area is 185 Å². The van der Waals surface area contributed by atoms with E-state index in [-0.39, 0.29) is 0 Å². The van der Waals surface area contributed by atoms with Gasteiger partial charge >= 0.3 is 0 Å². The zero-order chi connectivity index (χ0) is 20.3. The molecule has 3 rings (SSSR count). The minimum absolute atomic E-state index is 0.399. The third-order valence-electron chi connectivity index (χ3n) is 4.56. The first-order chi connectivity index (χ1) is 13.4. The molecule has 0 fully saturated rings. The molecule has 0 bridgehead atoms. The molecule has 0 unspecified atom stereocenters. The van der Waals surface area contributed by atoms with Crippen molar-refractivity contribution in [3.05, 3.63) is 93.0 Å². The molecule has 28 heavy (non-hydrogen) atoms. The molecule has 0 saturated heterocycles. The summed E-state index contributed by atoms with van der Waals surface area (Å²) in [5, 5.41) is 3.95. The highest BCUT2D eigenvalue weighted by atomic mass is 35.5. The van der Waals surface area contributed by atoms with Gasteiger partial charge in [-0.25, -0.2) is 0 Å². The maximum atomic E-state index is 6.31. The van der Waals surface area contributed by atoms with Gasteiger partial charge in [-0.1, -0.05) is 64.2 Å². The average Bonchev–Trinajstić information content (AvgIpc) is 2.69. The maximum absolute atomic E-state index is 6.31. The molecule has 0 amide bonds. The van der Waals surface area contributed by atoms with Gasteiger partial charge in [0.25, 0.3) is 0 Å². The highest BCUT2D eigenvalue weighted by Crippen LogP contribution is 2.24. The topological polar surface area (TPSA) is 35.2 Å². The third kappa shape index (κ3) is 4.34. The second-order valence-corrected chi connectivity index (χ2v) is 11.7. The number of nitrogens with two attached hydrogens (primary N) is 1. The molecular weight excluding hydrogens is 452 g/mol. The van der Waals surface area contributed by atoms with Gasteiger partial charge in [0, 0.05) is 5.69 Å². The Balaban J connectivity index is 2.09. The Kier molecular flexibility index (Phi) is 6.64. The standard InChI is InChI=1S/C21H17Cl4NOSi/c1-2-28(16-7-9-18(22)20(24)11-16,17-8-10-19(23)21(25)12-17)13-27-15-5-3-14(26)4-6-15/h2-12H,1,13,26H2. The molecule has 0 aliphatic rings. The smallest absolute Gasteiger partial charge is 0.182 e. The van der Waals surface area contributed by atoms with E-state index in [1.54, 1.807) is 24.3 Å². The summed E-state index contributed by atoms with van der Waals surface area (Å²) in [5.74, 6) is 0.716. The molecule has 0 saturated carbocycles. The van der Waals surface area contributed by atoms with Crippen molar-refractivity contribution in [2.75, 3.05) is 12.0 Å². The van der Waals surface area contributed by atoms with Gasteiger partial charge in [-0.3, -0.25) is 0 Å². The van der Waals surface area contributed by atoms with Gasteiger partial charge in [0.15, 0.2) is 8.07 Å². The van der Waals surface area contributed by atoms with Crippen LogP contribution in [0, 0.1) is 0 Å². The molecule has 7 heteroatoms. The third-order valence-corrected chi connectivity index (χ3v) is 10.0. The Hall–Kier alpha value is -1.62. The van der Waals surface area contributed by atoms with Crippen LogP contribution < -0.4 is 20.8 Å². The summed E-state index contributed by atoms with van der Waals surface area (Å²) in [5.41, 5.74) is 8.38. The second kappa shape index (κ2) is 8.81. The van der Waals surface area contributed by atoms with Crippen LogP contribution in [0.25, 0.3) is 0 Å². The quantitative estimate of drug-likeness (QED) is 0.367. The molecule has 3 aromatic carbocycles. The van der Waals surface area contributed by atoms with Crippen molar-refractivity contribution in [2.24, 2.45) is 0 Å². The van der Waals surface area contributed by atoms with Gasteiger partial charge < -0.3 is 10.5 Å². The fraction of sp³-hybridized carbons (Fsp3) is 0.0476. The molecule has 0 heterocycles. The lowest BCUT2D eigenvalue weighted by molar-refractivity contribution is 0.381. The number of ether oxygens (including phenoxy) is 1. The summed E-state index contributed by atoms with van der Waals surface area (Å²) < 4.78 is 6.15. The van der Waals surface area contributed by atoms with Crippen molar-refractivity contribution < 1.29 is 4.74 Å². The van der Waals surface area contributed by atoms with Crippen molar-refractivity contribution in [1.29, 1.82) is 0 Å². The molecule has 0 aromatic heterocycles. The number of halogens is 4. The van der Waals surface area contributed by atoms with Gasteiger partial charge in [-0.2, -0.15) is 0 Å². The number of nitrogen functional groups attached to an aromatic ring is 1. The van der Waals surface area contributed by atoms with E-state index in [0.29, 0.717) is 37.8 Å². The first-order valence-corrected chi connectivity index (χ1v) is 12.2. The summed E-state index contributed by atoms with van der Waals surface area (Å²) in [6, 6.07) is 18.5. The zero-order valence-electron chi connectivity index (χ0n) is 14.8. The number of rotatable bonds is 6. The van der Waals surface area contributed by atoms with E-state index in [4.69, 9.17) is 56.9 Å². The zero-order valence-corrected chi connectivity index (χ0v) is 18.8. The molecule has 0 aliphatic carbocycles. The van der Waals surface area contributed by atoms with Gasteiger partial charge in [0.05, 0.1) is 26.3 Å². The lowest BCUT2D eigenvalue weighted by atomic mass is 10.3. The van der Waals surface area contributed by atoms with Gasteiger partial charge in [0.2, 0.25) is 0 Å². The fourth-order valence-corrected chi connectivity index (χ4v) is 6.93. The molecule has 144 valence electrons. The van der Waals surface area contributed by atoms with E-state index in [1.165, 1.54) is 0 Å². The van der Waals surface area contributed by atoms with Crippen molar-refractivity contribution in [3.63, 3.8) is 0 Å². The highest BCUT2D eigenvalue weighted by Gasteiger charge is 2.36. The van der Waals surface area contributed by atoms with Crippen LogP contribution in [0.4, 0.5) is 5.69 Å². The summed E-state index contributed by atoms with van der Waals surface area (Å²) in [6.45, 7) is 4.13. The highest BCUT2D eigenvalue weighted by molar-refractivity contribution is 7.06. The molecule has 0 spiro atoms. The first kappa shape index (κ1) is 21.1.